The third-order valence-electron chi connectivity index (χ3n) is 3.20. The highest BCUT2D eigenvalue weighted by Crippen LogP contribution is 2.40. The number of rotatable bonds is 2. The van der Waals surface area contributed by atoms with Crippen LogP contribution in [-0.4, -0.2) is 17.7 Å². The molecule has 110 valence electrons. The Morgan fingerprint density at radius 1 is 1.27 bits per heavy atom. The molecule has 1 amide bonds. The van der Waals surface area contributed by atoms with Gasteiger partial charge in [-0.15, -0.1) is 0 Å². The first kappa shape index (κ1) is 13.4. The number of nitrogens with zero attached hydrogens (tertiary/aromatic N) is 1. The van der Waals surface area contributed by atoms with Gasteiger partial charge in [0.25, 0.3) is 5.91 Å². The Morgan fingerprint density at radius 2 is 2.14 bits per heavy atom. The van der Waals surface area contributed by atoms with E-state index in [2.05, 4.69) is 10.3 Å². The monoisotopic (exact) mass is 332 g/mol. The van der Waals surface area contributed by atoms with Gasteiger partial charge in [0.1, 0.15) is 0 Å². The fraction of sp³-hybridized carbons (Fsp3) is 0.0667. The summed E-state index contributed by atoms with van der Waals surface area (Å²) in [4.78, 5) is 16.7. The van der Waals surface area contributed by atoms with Gasteiger partial charge in [-0.3, -0.25) is 10.1 Å². The Bertz CT molecular complexity index is 861. The summed E-state index contributed by atoms with van der Waals surface area (Å²) < 4.78 is 11.5. The zero-order valence-corrected chi connectivity index (χ0v) is 12.7. The first-order valence-electron chi connectivity index (χ1n) is 6.47. The summed E-state index contributed by atoms with van der Waals surface area (Å²) in [5, 5.41) is 3.67. The number of thiazole rings is 1. The largest absolute Gasteiger partial charge is 0.454 e. The van der Waals surface area contributed by atoms with Gasteiger partial charge >= 0.3 is 0 Å². The first-order chi connectivity index (χ1) is 10.7. The molecule has 2 aromatic carbocycles. The number of carbonyl (C=O) groups excluding carboxylic acids is 1. The van der Waals surface area contributed by atoms with Crippen molar-refractivity contribution in [3.8, 4) is 11.5 Å². The van der Waals surface area contributed by atoms with E-state index in [0.29, 0.717) is 27.2 Å². The Balaban J connectivity index is 1.63. The number of amides is 1. The molecule has 3 aromatic rings. The maximum absolute atomic E-state index is 12.3. The summed E-state index contributed by atoms with van der Waals surface area (Å²) in [6.07, 6.45) is 0. The summed E-state index contributed by atoms with van der Waals surface area (Å²) in [5.74, 6) is 0.652. The van der Waals surface area contributed by atoms with E-state index < -0.39 is 0 Å². The zero-order chi connectivity index (χ0) is 15.1. The van der Waals surface area contributed by atoms with Gasteiger partial charge in [-0.25, -0.2) is 4.98 Å². The Morgan fingerprint density at radius 3 is 3.00 bits per heavy atom. The van der Waals surface area contributed by atoms with Gasteiger partial charge in [0.05, 0.1) is 15.2 Å². The topological polar surface area (TPSA) is 60.5 Å². The zero-order valence-electron chi connectivity index (χ0n) is 11.1. The standard InChI is InChI=1S/C15H9ClN2O3S/c16-9-5-8(6-11-13(9)21-7-20-11)14(19)18-15-17-10-3-1-2-4-12(10)22-15/h1-6H,7H2,(H,17,18,19). The molecule has 0 saturated carbocycles. The smallest absolute Gasteiger partial charge is 0.257 e. The molecule has 22 heavy (non-hydrogen) atoms. The lowest BCUT2D eigenvalue weighted by atomic mass is 10.2. The maximum Gasteiger partial charge on any atom is 0.257 e. The van der Waals surface area contributed by atoms with Crippen LogP contribution in [-0.2, 0) is 0 Å². The van der Waals surface area contributed by atoms with E-state index in [0.717, 1.165) is 10.2 Å². The number of carbonyl (C=O) groups is 1. The van der Waals surface area contributed by atoms with Crippen molar-refractivity contribution in [1.82, 2.24) is 4.98 Å². The van der Waals surface area contributed by atoms with Crippen LogP contribution in [0.25, 0.3) is 10.2 Å². The van der Waals surface area contributed by atoms with Crippen molar-refractivity contribution in [2.24, 2.45) is 0 Å². The van der Waals surface area contributed by atoms with E-state index >= 15 is 0 Å². The van der Waals surface area contributed by atoms with Gasteiger partial charge in [0.15, 0.2) is 16.6 Å². The molecule has 7 heteroatoms. The lowest BCUT2D eigenvalue weighted by Crippen LogP contribution is -2.11. The number of fused-ring (bicyclic) bond motifs is 2. The Kier molecular flexibility index (Phi) is 3.13. The fourth-order valence-corrected chi connectivity index (χ4v) is 3.32. The van der Waals surface area contributed by atoms with Crippen molar-refractivity contribution in [2.45, 2.75) is 0 Å². The number of hydrogen-bond donors (Lipinski definition) is 1. The van der Waals surface area contributed by atoms with Crippen LogP contribution in [0.4, 0.5) is 5.13 Å². The Labute approximate surface area is 134 Å². The van der Waals surface area contributed by atoms with Crippen LogP contribution in [0.15, 0.2) is 36.4 Å². The predicted octanol–water partition coefficient (Wildman–Crippen LogP) is 3.93. The molecule has 1 aromatic heterocycles. The van der Waals surface area contributed by atoms with Crippen LogP contribution in [0.2, 0.25) is 5.02 Å². The fourth-order valence-electron chi connectivity index (χ4n) is 2.19. The lowest BCUT2D eigenvalue weighted by molar-refractivity contribution is 0.102. The van der Waals surface area contributed by atoms with Crippen LogP contribution < -0.4 is 14.8 Å². The summed E-state index contributed by atoms with van der Waals surface area (Å²) in [6, 6.07) is 10.9. The number of benzene rings is 2. The molecule has 4 rings (SSSR count). The van der Waals surface area contributed by atoms with Crippen LogP contribution in [0, 0.1) is 0 Å². The molecular formula is C15H9ClN2O3S. The number of ether oxygens (including phenoxy) is 2. The van der Waals surface area contributed by atoms with Gasteiger partial charge in [-0.05, 0) is 24.3 Å². The minimum absolute atomic E-state index is 0.109. The first-order valence-corrected chi connectivity index (χ1v) is 7.66. The number of aromatic nitrogens is 1. The highest BCUT2D eigenvalue weighted by Gasteiger charge is 2.21. The molecule has 0 radical (unpaired) electrons. The molecule has 2 heterocycles. The molecular weight excluding hydrogens is 324 g/mol. The van der Waals surface area contributed by atoms with Crippen LogP contribution in [0.5, 0.6) is 11.5 Å². The summed E-state index contributed by atoms with van der Waals surface area (Å²) in [7, 11) is 0. The second kappa shape index (κ2) is 5.15. The molecule has 0 fully saturated rings. The quantitative estimate of drug-likeness (QED) is 0.772. The summed E-state index contributed by atoms with van der Waals surface area (Å²) >= 11 is 7.51. The average molecular weight is 333 g/mol. The Hall–Kier alpha value is -2.31. The highest BCUT2D eigenvalue weighted by molar-refractivity contribution is 7.22. The number of halogens is 1. The van der Waals surface area contributed by atoms with E-state index in [1.54, 1.807) is 12.1 Å². The second-order valence-electron chi connectivity index (χ2n) is 4.63. The third-order valence-corrected chi connectivity index (χ3v) is 4.44. The van der Waals surface area contributed by atoms with Crippen LogP contribution >= 0.6 is 22.9 Å². The molecule has 0 bridgehead atoms. The normalized spacial score (nSPS) is 12.6. The number of hydrogen-bond acceptors (Lipinski definition) is 5. The van der Waals surface area contributed by atoms with Crippen LogP contribution in [0.1, 0.15) is 10.4 Å². The van der Waals surface area contributed by atoms with E-state index in [1.807, 2.05) is 24.3 Å². The summed E-state index contributed by atoms with van der Waals surface area (Å²) in [5.41, 5.74) is 1.25. The molecule has 5 nitrogen and oxygen atoms in total. The molecule has 0 spiro atoms. The van der Waals surface area contributed by atoms with Crippen molar-refractivity contribution in [1.29, 1.82) is 0 Å². The molecule has 0 aliphatic carbocycles. The highest BCUT2D eigenvalue weighted by atomic mass is 35.5. The van der Waals surface area contributed by atoms with Crippen molar-refractivity contribution >= 4 is 44.2 Å². The van der Waals surface area contributed by atoms with E-state index in [1.165, 1.54) is 11.3 Å². The number of nitrogens with one attached hydrogen (secondary N) is 1. The maximum atomic E-state index is 12.3. The van der Waals surface area contributed by atoms with Gasteiger partial charge in [0.2, 0.25) is 6.79 Å². The molecule has 0 unspecified atom stereocenters. The van der Waals surface area contributed by atoms with Crippen molar-refractivity contribution < 1.29 is 14.3 Å². The molecule has 1 aliphatic rings. The third kappa shape index (κ3) is 2.26. The van der Waals surface area contributed by atoms with E-state index in [-0.39, 0.29) is 12.7 Å². The molecule has 0 atom stereocenters. The minimum Gasteiger partial charge on any atom is -0.454 e. The molecule has 0 saturated heterocycles. The number of anilines is 1. The van der Waals surface area contributed by atoms with Gasteiger partial charge < -0.3 is 9.47 Å². The summed E-state index contributed by atoms with van der Waals surface area (Å²) in [6.45, 7) is 0.109. The minimum atomic E-state index is -0.292. The lowest BCUT2D eigenvalue weighted by Gasteiger charge is -2.04. The van der Waals surface area contributed by atoms with E-state index in [4.69, 9.17) is 21.1 Å². The van der Waals surface area contributed by atoms with Crippen molar-refractivity contribution in [2.75, 3.05) is 12.1 Å². The van der Waals surface area contributed by atoms with Crippen molar-refractivity contribution in [3.63, 3.8) is 0 Å². The van der Waals surface area contributed by atoms with E-state index in [9.17, 15) is 4.79 Å². The SMILES string of the molecule is O=C(Nc1nc2ccccc2s1)c1cc(Cl)c2c(c1)OCO2. The predicted molar refractivity (Wildman–Crippen MR) is 85.1 cm³/mol. The van der Waals surface area contributed by atoms with Gasteiger partial charge in [0, 0.05) is 5.56 Å². The number of para-hydroxylation sites is 1. The van der Waals surface area contributed by atoms with Crippen molar-refractivity contribution in [3.05, 3.63) is 47.0 Å². The molecule has 1 N–H and O–H groups in total. The van der Waals surface area contributed by atoms with Gasteiger partial charge in [-0.1, -0.05) is 35.1 Å². The van der Waals surface area contributed by atoms with Crippen LogP contribution in [0.3, 0.4) is 0 Å². The molecule has 1 aliphatic heterocycles. The van der Waals surface area contributed by atoms with Gasteiger partial charge in [-0.2, -0.15) is 0 Å². The second-order valence-corrected chi connectivity index (χ2v) is 6.07. The average Bonchev–Trinajstić information content (AvgIpc) is 3.12.